The van der Waals surface area contributed by atoms with Crippen molar-refractivity contribution in [3.8, 4) is 0 Å². The standard InChI is InChI=1S/C11H15N5/c1-16-10-3-5-13-7-9(10)15-11(16)14-8-2-4-12-6-8/h3,5,7-8,12H,2,4,6H2,1H3,(H,14,15). The number of imidazole rings is 1. The molecular formula is C11H15N5. The van der Waals surface area contributed by atoms with Crippen LogP contribution in [0, 0.1) is 0 Å². The summed E-state index contributed by atoms with van der Waals surface area (Å²) in [4.78, 5) is 8.62. The predicted molar refractivity (Wildman–Crippen MR) is 63.4 cm³/mol. The molecule has 1 aliphatic rings. The van der Waals surface area contributed by atoms with Gasteiger partial charge in [0.2, 0.25) is 5.95 Å². The van der Waals surface area contributed by atoms with E-state index in [4.69, 9.17) is 0 Å². The van der Waals surface area contributed by atoms with Crippen molar-refractivity contribution in [1.29, 1.82) is 0 Å². The summed E-state index contributed by atoms with van der Waals surface area (Å²) < 4.78 is 2.08. The first-order valence-corrected chi connectivity index (χ1v) is 5.58. The van der Waals surface area contributed by atoms with Crippen molar-refractivity contribution in [3.05, 3.63) is 18.5 Å². The molecule has 16 heavy (non-hydrogen) atoms. The number of nitrogens with zero attached hydrogens (tertiary/aromatic N) is 3. The van der Waals surface area contributed by atoms with Crippen molar-refractivity contribution < 1.29 is 0 Å². The second-order valence-electron chi connectivity index (χ2n) is 4.19. The lowest BCUT2D eigenvalue weighted by molar-refractivity contribution is 0.768. The minimum absolute atomic E-state index is 0.489. The molecule has 5 nitrogen and oxygen atoms in total. The Morgan fingerprint density at radius 2 is 2.50 bits per heavy atom. The third kappa shape index (κ3) is 1.53. The van der Waals surface area contributed by atoms with E-state index < -0.39 is 0 Å². The Balaban J connectivity index is 1.94. The molecule has 84 valence electrons. The molecule has 1 fully saturated rings. The summed E-state index contributed by atoms with van der Waals surface area (Å²) in [6, 6.07) is 2.48. The molecule has 1 saturated heterocycles. The fourth-order valence-electron chi connectivity index (χ4n) is 2.14. The Labute approximate surface area is 93.9 Å². The monoisotopic (exact) mass is 217 g/mol. The minimum atomic E-state index is 0.489. The maximum absolute atomic E-state index is 4.54. The number of hydrogen-bond donors (Lipinski definition) is 2. The first kappa shape index (κ1) is 9.59. The average Bonchev–Trinajstić information content (AvgIpc) is 2.90. The van der Waals surface area contributed by atoms with Crippen molar-refractivity contribution in [2.75, 3.05) is 18.4 Å². The molecule has 2 N–H and O–H groups in total. The smallest absolute Gasteiger partial charge is 0.203 e. The zero-order valence-electron chi connectivity index (χ0n) is 9.27. The molecule has 0 aromatic carbocycles. The molecule has 3 rings (SSSR count). The van der Waals surface area contributed by atoms with Crippen LogP contribution in [0.5, 0.6) is 0 Å². The van der Waals surface area contributed by atoms with Gasteiger partial charge in [-0.1, -0.05) is 0 Å². The zero-order chi connectivity index (χ0) is 11.0. The third-order valence-electron chi connectivity index (χ3n) is 3.08. The van der Waals surface area contributed by atoms with Crippen LogP contribution in [-0.4, -0.2) is 33.7 Å². The summed E-state index contributed by atoms with van der Waals surface area (Å²) in [5.74, 6) is 0.928. The minimum Gasteiger partial charge on any atom is -0.352 e. The number of aromatic nitrogens is 3. The topological polar surface area (TPSA) is 54.8 Å². The Kier molecular flexibility index (Phi) is 2.25. The van der Waals surface area contributed by atoms with E-state index in [9.17, 15) is 0 Å². The summed E-state index contributed by atoms with van der Waals surface area (Å²) in [5, 5.41) is 6.79. The van der Waals surface area contributed by atoms with Gasteiger partial charge in [0.15, 0.2) is 0 Å². The first-order chi connectivity index (χ1) is 7.84. The number of anilines is 1. The van der Waals surface area contributed by atoms with E-state index in [1.54, 1.807) is 12.4 Å². The molecular weight excluding hydrogens is 202 g/mol. The number of rotatable bonds is 2. The quantitative estimate of drug-likeness (QED) is 0.779. The van der Waals surface area contributed by atoms with Crippen molar-refractivity contribution in [3.63, 3.8) is 0 Å². The summed E-state index contributed by atoms with van der Waals surface area (Å²) >= 11 is 0. The molecule has 0 bridgehead atoms. The fourth-order valence-corrected chi connectivity index (χ4v) is 2.14. The lowest BCUT2D eigenvalue weighted by atomic mass is 10.3. The van der Waals surface area contributed by atoms with E-state index >= 15 is 0 Å². The van der Waals surface area contributed by atoms with Crippen LogP contribution in [0.15, 0.2) is 18.5 Å². The summed E-state index contributed by atoms with van der Waals surface area (Å²) in [5.41, 5.74) is 2.06. The van der Waals surface area contributed by atoms with Gasteiger partial charge in [-0.15, -0.1) is 0 Å². The van der Waals surface area contributed by atoms with E-state index in [0.717, 1.165) is 36.5 Å². The zero-order valence-corrected chi connectivity index (χ0v) is 9.27. The molecule has 2 aromatic heterocycles. The second kappa shape index (κ2) is 3.75. The molecule has 1 aliphatic heterocycles. The van der Waals surface area contributed by atoms with Crippen molar-refractivity contribution in [1.82, 2.24) is 19.9 Å². The van der Waals surface area contributed by atoms with Crippen molar-refractivity contribution in [2.24, 2.45) is 7.05 Å². The van der Waals surface area contributed by atoms with E-state index in [2.05, 4.69) is 25.2 Å². The van der Waals surface area contributed by atoms with Gasteiger partial charge in [-0.25, -0.2) is 4.98 Å². The van der Waals surface area contributed by atoms with Crippen LogP contribution in [0.4, 0.5) is 5.95 Å². The number of nitrogens with one attached hydrogen (secondary N) is 2. The summed E-state index contributed by atoms with van der Waals surface area (Å²) in [7, 11) is 2.03. The average molecular weight is 217 g/mol. The van der Waals surface area contributed by atoms with E-state index in [-0.39, 0.29) is 0 Å². The van der Waals surface area contributed by atoms with Crippen LogP contribution in [0.3, 0.4) is 0 Å². The van der Waals surface area contributed by atoms with E-state index in [1.165, 1.54) is 0 Å². The van der Waals surface area contributed by atoms with Crippen LogP contribution in [0.2, 0.25) is 0 Å². The van der Waals surface area contributed by atoms with Gasteiger partial charge >= 0.3 is 0 Å². The molecule has 3 heterocycles. The maximum atomic E-state index is 4.54. The SMILES string of the molecule is Cn1c(NC2CCNC2)nc2cnccc21. The molecule has 1 atom stereocenters. The molecule has 0 amide bonds. The Morgan fingerprint density at radius 1 is 1.56 bits per heavy atom. The Morgan fingerprint density at radius 3 is 3.25 bits per heavy atom. The van der Waals surface area contributed by atoms with Crippen LogP contribution < -0.4 is 10.6 Å². The van der Waals surface area contributed by atoms with Gasteiger partial charge in [0, 0.05) is 25.8 Å². The van der Waals surface area contributed by atoms with Gasteiger partial charge in [-0.3, -0.25) is 4.98 Å². The number of aryl methyl sites for hydroxylation is 1. The number of pyridine rings is 1. The highest BCUT2D eigenvalue weighted by Crippen LogP contribution is 2.18. The predicted octanol–water partition coefficient (Wildman–Crippen LogP) is 0.742. The van der Waals surface area contributed by atoms with E-state index in [1.807, 2.05) is 13.1 Å². The highest BCUT2D eigenvalue weighted by atomic mass is 15.2. The Hall–Kier alpha value is -1.62. The van der Waals surface area contributed by atoms with Crippen LogP contribution in [-0.2, 0) is 7.05 Å². The number of fused-ring (bicyclic) bond motifs is 1. The molecule has 2 aromatic rings. The molecule has 0 saturated carbocycles. The van der Waals surface area contributed by atoms with Gasteiger partial charge in [-0.05, 0) is 19.0 Å². The largest absolute Gasteiger partial charge is 0.352 e. The normalized spacial score (nSPS) is 20.4. The first-order valence-electron chi connectivity index (χ1n) is 5.58. The lowest BCUT2D eigenvalue weighted by Crippen LogP contribution is -2.23. The third-order valence-corrected chi connectivity index (χ3v) is 3.08. The van der Waals surface area contributed by atoms with Crippen LogP contribution in [0.1, 0.15) is 6.42 Å². The van der Waals surface area contributed by atoms with Crippen LogP contribution >= 0.6 is 0 Å². The summed E-state index contributed by atoms with van der Waals surface area (Å²) in [6.07, 6.45) is 4.75. The van der Waals surface area contributed by atoms with Gasteiger partial charge in [0.25, 0.3) is 0 Å². The molecule has 0 aliphatic carbocycles. The van der Waals surface area contributed by atoms with Gasteiger partial charge in [0.05, 0.1) is 11.7 Å². The second-order valence-corrected chi connectivity index (χ2v) is 4.19. The van der Waals surface area contributed by atoms with E-state index in [0.29, 0.717) is 6.04 Å². The van der Waals surface area contributed by atoms with Gasteiger partial charge < -0.3 is 15.2 Å². The number of hydrogen-bond acceptors (Lipinski definition) is 4. The van der Waals surface area contributed by atoms with Gasteiger partial charge in [0.1, 0.15) is 5.52 Å². The highest BCUT2D eigenvalue weighted by Gasteiger charge is 2.16. The molecule has 0 radical (unpaired) electrons. The van der Waals surface area contributed by atoms with Crippen LogP contribution in [0.25, 0.3) is 11.0 Å². The van der Waals surface area contributed by atoms with Crippen molar-refractivity contribution in [2.45, 2.75) is 12.5 Å². The summed E-state index contributed by atoms with van der Waals surface area (Å²) in [6.45, 7) is 2.10. The highest BCUT2D eigenvalue weighted by molar-refractivity contribution is 5.77. The lowest BCUT2D eigenvalue weighted by Gasteiger charge is -2.11. The van der Waals surface area contributed by atoms with Crippen molar-refractivity contribution >= 4 is 17.0 Å². The fraction of sp³-hybridized carbons (Fsp3) is 0.455. The maximum Gasteiger partial charge on any atom is 0.203 e. The Bertz CT molecular complexity index is 498. The molecule has 5 heteroatoms. The molecule has 1 unspecified atom stereocenters. The van der Waals surface area contributed by atoms with Gasteiger partial charge in [-0.2, -0.15) is 0 Å². The molecule has 0 spiro atoms.